The molecule has 1 saturated carbocycles. The van der Waals surface area contributed by atoms with E-state index in [4.69, 9.17) is 11.1 Å². The molecule has 1 amide bonds. The zero-order chi connectivity index (χ0) is 13.5. The summed E-state index contributed by atoms with van der Waals surface area (Å²) in [6, 6.07) is -0.646. The summed E-state index contributed by atoms with van der Waals surface area (Å²) in [5, 5.41) is 11.8. The number of hydrogen-bond donors (Lipinski definition) is 4. The molecule has 0 spiro atoms. The molecule has 5 N–H and O–H groups in total. The number of nitrogens with one attached hydrogen (secondary N) is 3. The number of hydrogen-bond acceptors (Lipinski definition) is 4. The fourth-order valence-electron chi connectivity index (χ4n) is 2.24. The van der Waals surface area contributed by atoms with Crippen LogP contribution in [-0.4, -0.2) is 25.0 Å². The maximum Gasteiger partial charge on any atom is 0.241 e. The molecule has 5 nitrogen and oxygen atoms in total. The Bertz CT molecular complexity index is 337. The van der Waals surface area contributed by atoms with Gasteiger partial charge in [0.25, 0.3) is 0 Å². The molecule has 0 aromatic heterocycles. The lowest BCUT2D eigenvalue weighted by molar-refractivity contribution is -0.121. The van der Waals surface area contributed by atoms with Crippen molar-refractivity contribution in [3.05, 3.63) is 11.9 Å². The Morgan fingerprint density at radius 2 is 2.17 bits per heavy atom. The molecule has 0 saturated heterocycles. The van der Waals surface area contributed by atoms with Crippen LogP contribution in [0.15, 0.2) is 11.9 Å². The van der Waals surface area contributed by atoms with Gasteiger partial charge in [-0.05, 0) is 12.3 Å². The second kappa shape index (κ2) is 7.10. The normalized spacial score (nSPS) is 18.5. The summed E-state index contributed by atoms with van der Waals surface area (Å²) in [6.07, 6.45) is 6.46. The van der Waals surface area contributed by atoms with Crippen LogP contribution in [0.1, 0.15) is 32.1 Å². The third-order valence-corrected chi connectivity index (χ3v) is 3.18. The summed E-state index contributed by atoms with van der Waals surface area (Å²) in [5.41, 5.74) is 5.60. The Morgan fingerprint density at radius 3 is 2.67 bits per heavy atom. The van der Waals surface area contributed by atoms with E-state index in [0.29, 0.717) is 12.3 Å². The highest BCUT2D eigenvalue weighted by Gasteiger charge is 2.23. The number of allylic oxidation sites excluding steroid dienone is 1. The molecule has 1 rings (SSSR count). The lowest BCUT2D eigenvalue weighted by Gasteiger charge is -2.16. The van der Waals surface area contributed by atoms with Gasteiger partial charge in [-0.25, -0.2) is 0 Å². The standard InChI is InChI=1S/C12H21FN4O/c1-16-7-10(11(13)15)17-12(18)9(14)6-8-4-2-3-5-8/h7-9,15-16H,2-6,14H2,1H3,(H,17,18)/b10-7+,15-11?. The molecular weight excluding hydrogens is 235 g/mol. The van der Waals surface area contributed by atoms with Crippen molar-refractivity contribution >= 4 is 11.9 Å². The third kappa shape index (κ3) is 4.44. The van der Waals surface area contributed by atoms with Crippen LogP contribution in [-0.2, 0) is 4.79 Å². The highest BCUT2D eigenvalue weighted by molar-refractivity contribution is 5.96. The molecule has 0 bridgehead atoms. The van der Waals surface area contributed by atoms with Crippen LogP contribution in [0.4, 0.5) is 4.39 Å². The van der Waals surface area contributed by atoms with Crippen molar-refractivity contribution in [2.45, 2.75) is 38.1 Å². The lowest BCUT2D eigenvalue weighted by Crippen LogP contribution is -2.42. The predicted molar refractivity (Wildman–Crippen MR) is 68.7 cm³/mol. The molecule has 6 heteroatoms. The van der Waals surface area contributed by atoms with Gasteiger partial charge in [0, 0.05) is 13.2 Å². The fraction of sp³-hybridized carbons (Fsp3) is 0.667. The van der Waals surface area contributed by atoms with Gasteiger partial charge in [-0.3, -0.25) is 10.2 Å². The van der Waals surface area contributed by atoms with Crippen molar-refractivity contribution in [3.63, 3.8) is 0 Å². The number of nitrogens with two attached hydrogens (primary N) is 1. The maximum atomic E-state index is 12.8. The summed E-state index contributed by atoms with van der Waals surface area (Å²) in [4.78, 5) is 11.8. The summed E-state index contributed by atoms with van der Waals surface area (Å²) < 4.78 is 12.8. The molecule has 1 atom stereocenters. The zero-order valence-corrected chi connectivity index (χ0v) is 10.6. The summed E-state index contributed by atoms with van der Waals surface area (Å²) in [5.74, 6) is -1.14. The number of carbonyl (C=O) groups excluding carboxylic acids is 1. The van der Waals surface area contributed by atoms with E-state index in [9.17, 15) is 9.18 Å². The molecular formula is C12H21FN4O. The average Bonchev–Trinajstić information content (AvgIpc) is 2.80. The van der Waals surface area contributed by atoms with Crippen molar-refractivity contribution in [3.8, 4) is 0 Å². The summed E-state index contributed by atoms with van der Waals surface area (Å²) >= 11 is 0. The van der Waals surface area contributed by atoms with Crippen LogP contribution in [0.25, 0.3) is 0 Å². The first kappa shape index (κ1) is 14.6. The zero-order valence-electron chi connectivity index (χ0n) is 10.6. The largest absolute Gasteiger partial charge is 0.392 e. The van der Waals surface area contributed by atoms with Crippen molar-refractivity contribution in [1.82, 2.24) is 10.6 Å². The van der Waals surface area contributed by atoms with Gasteiger partial charge in [-0.2, -0.15) is 4.39 Å². The second-order valence-electron chi connectivity index (χ2n) is 4.64. The van der Waals surface area contributed by atoms with Crippen LogP contribution in [0, 0.1) is 11.3 Å². The monoisotopic (exact) mass is 256 g/mol. The van der Waals surface area contributed by atoms with Gasteiger partial charge in [0.05, 0.1) is 6.04 Å². The molecule has 1 unspecified atom stereocenters. The number of amides is 1. The Balaban J connectivity index is 2.47. The Kier molecular flexibility index (Phi) is 5.77. The van der Waals surface area contributed by atoms with Gasteiger partial charge in [0.15, 0.2) is 0 Å². The topological polar surface area (TPSA) is 91.0 Å². The van der Waals surface area contributed by atoms with E-state index in [1.54, 1.807) is 7.05 Å². The van der Waals surface area contributed by atoms with Crippen LogP contribution in [0.2, 0.25) is 0 Å². The van der Waals surface area contributed by atoms with Gasteiger partial charge < -0.3 is 16.4 Å². The van der Waals surface area contributed by atoms with Crippen LogP contribution in [0.5, 0.6) is 0 Å². The first-order valence-electron chi connectivity index (χ1n) is 6.23. The van der Waals surface area contributed by atoms with E-state index >= 15 is 0 Å². The molecule has 0 aliphatic heterocycles. The minimum absolute atomic E-state index is 0.190. The minimum atomic E-state index is -1.19. The van der Waals surface area contributed by atoms with Crippen LogP contribution >= 0.6 is 0 Å². The molecule has 18 heavy (non-hydrogen) atoms. The van der Waals surface area contributed by atoms with Gasteiger partial charge in [0.2, 0.25) is 11.9 Å². The molecule has 0 heterocycles. The Hall–Kier alpha value is -1.43. The molecule has 102 valence electrons. The summed E-state index contributed by atoms with van der Waals surface area (Å²) in [7, 11) is 1.56. The predicted octanol–water partition coefficient (Wildman–Crippen LogP) is 1.02. The van der Waals surface area contributed by atoms with Crippen molar-refractivity contribution in [2.24, 2.45) is 11.7 Å². The van der Waals surface area contributed by atoms with Crippen LogP contribution < -0.4 is 16.4 Å². The molecule has 1 aliphatic rings. The van der Waals surface area contributed by atoms with Crippen LogP contribution in [0.3, 0.4) is 0 Å². The van der Waals surface area contributed by atoms with E-state index in [2.05, 4.69) is 10.6 Å². The number of halogens is 1. The smallest absolute Gasteiger partial charge is 0.241 e. The minimum Gasteiger partial charge on any atom is -0.392 e. The van der Waals surface area contributed by atoms with Gasteiger partial charge in [-0.15, -0.1) is 0 Å². The maximum absolute atomic E-state index is 12.8. The molecule has 1 fully saturated rings. The van der Waals surface area contributed by atoms with Gasteiger partial charge >= 0.3 is 0 Å². The van der Waals surface area contributed by atoms with Gasteiger partial charge in [-0.1, -0.05) is 25.7 Å². The quantitative estimate of drug-likeness (QED) is 0.535. The lowest BCUT2D eigenvalue weighted by atomic mass is 9.98. The molecule has 1 aliphatic carbocycles. The van der Waals surface area contributed by atoms with E-state index in [0.717, 1.165) is 12.8 Å². The molecule has 0 aromatic rings. The second-order valence-corrected chi connectivity index (χ2v) is 4.64. The summed E-state index contributed by atoms with van der Waals surface area (Å²) in [6.45, 7) is 0. The molecule has 0 aromatic carbocycles. The Labute approximate surface area is 107 Å². The average molecular weight is 256 g/mol. The Morgan fingerprint density at radius 1 is 1.56 bits per heavy atom. The third-order valence-electron chi connectivity index (χ3n) is 3.18. The van der Waals surface area contributed by atoms with Crippen molar-refractivity contribution in [2.75, 3.05) is 7.05 Å². The van der Waals surface area contributed by atoms with Crippen molar-refractivity contribution in [1.29, 1.82) is 5.41 Å². The highest BCUT2D eigenvalue weighted by atomic mass is 19.1. The van der Waals surface area contributed by atoms with E-state index in [1.165, 1.54) is 19.0 Å². The van der Waals surface area contributed by atoms with Gasteiger partial charge in [0.1, 0.15) is 5.70 Å². The highest BCUT2D eigenvalue weighted by Crippen LogP contribution is 2.28. The van der Waals surface area contributed by atoms with E-state index in [1.807, 2.05) is 0 Å². The first-order valence-corrected chi connectivity index (χ1v) is 6.23. The number of carbonyl (C=O) groups is 1. The fourth-order valence-corrected chi connectivity index (χ4v) is 2.24. The number of rotatable bonds is 6. The van der Waals surface area contributed by atoms with E-state index < -0.39 is 17.9 Å². The van der Waals surface area contributed by atoms with Crippen molar-refractivity contribution < 1.29 is 9.18 Å². The van der Waals surface area contributed by atoms with E-state index in [-0.39, 0.29) is 5.70 Å². The first-order chi connectivity index (χ1) is 8.54. The SMILES string of the molecule is CN/C=C(/NC(=O)C(N)CC1CCCC1)C(=N)F. The molecule has 0 radical (unpaired) electrons.